The molecule has 8 bridgehead atoms. The smallest absolute Gasteiger partial charge is 0.127 e. The van der Waals surface area contributed by atoms with Crippen molar-refractivity contribution in [3.63, 3.8) is 0 Å². The second kappa shape index (κ2) is 23.9. The van der Waals surface area contributed by atoms with E-state index in [0.717, 1.165) is 86.0 Å². The van der Waals surface area contributed by atoms with Crippen LogP contribution in [-0.4, -0.2) is 84.4 Å². The topological polar surface area (TPSA) is 147 Å². The molecule has 0 spiro atoms. The highest BCUT2D eigenvalue weighted by atomic mass is 16.5. The maximum absolute atomic E-state index is 9.46. The quantitative estimate of drug-likeness (QED) is 0.0627. The molecule has 0 aromatic heterocycles. The maximum atomic E-state index is 9.46. The fraction of sp³-hybridized carbons (Fsp3) is 0.267. The molecule has 11 nitrogen and oxygen atoms in total. The van der Waals surface area contributed by atoms with E-state index in [1.54, 1.807) is 0 Å². The Labute approximate surface area is 416 Å². The Morgan fingerprint density at radius 3 is 1.10 bits per heavy atom. The summed E-state index contributed by atoms with van der Waals surface area (Å²) in [5.74, 6) is 2.69. The van der Waals surface area contributed by atoms with Crippen molar-refractivity contribution in [1.29, 1.82) is 0 Å². The molecular weight excluding hydrogens is 889 g/mol. The van der Waals surface area contributed by atoms with Gasteiger partial charge in [0.2, 0.25) is 0 Å². The number of para-hydroxylation sites is 1. The molecule has 0 unspecified atom stereocenters. The van der Waals surface area contributed by atoms with E-state index in [0.29, 0.717) is 46.7 Å². The van der Waals surface area contributed by atoms with Gasteiger partial charge in [0.25, 0.3) is 0 Å². The molecule has 0 saturated carbocycles. The molecule has 3 N–H and O–H groups in total. The number of nitrogens with zero attached hydrogens (tertiary/aromatic N) is 4. The molecule has 5 aliphatic heterocycles. The number of aliphatic hydroxyl groups is 3. The van der Waals surface area contributed by atoms with E-state index in [9.17, 15) is 15.3 Å². The number of fused-ring (bicyclic) bond motifs is 4. The van der Waals surface area contributed by atoms with E-state index >= 15 is 0 Å². The number of aliphatic imine (C=N–C) groups is 4. The molecule has 5 aliphatic rings. The molecular formula is C60H60N4O7. The first-order valence-electron chi connectivity index (χ1n) is 24.9. The molecule has 0 aliphatic carbocycles. The van der Waals surface area contributed by atoms with Crippen molar-refractivity contribution in [1.82, 2.24) is 0 Å². The van der Waals surface area contributed by atoms with Crippen LogP contribution < -0.4 is 18.9 Å². The van der Waals surface area contributed by atoms with Crippen LogP contribution in [0.25, 0.3) is 22.3 Å². The average Bonchev–Trinajstić information content (AvgIpc) is 4.27. The molecule has 11 heteroatoms. The van der Waals surface area contributed by atoms with Crippen molar-refractivity contribution < 1.29 is 34.3 Å². The van der Waals surface area contributed by atoms with Crippen LogP contribution in [0.3, 0.4) is 0 Å². The third-order valence-electron chi connectivity index (χ3n) is 12.5. The summed E-state index contributed by atoms with van der Waals surface area (Å²) in [5.41, 5.74) is 12.6. The first kappa shape index (κ1) is 48.6. The molecule has 0 fully saturated rings. The minimum atomic E-state index is -0.0893. The molecule has 4 aromatic rings. The van der Waals surface area contributed by atoms with Crippen molar-refractivity contribution in [3.05, 3.63) is 191 Å². The highest BCUT2D eigenvalue weighted by Gasteiger charge is 2.29. The summed E-state index contributed by atoms with van der Waals surface area (Å²) in [6.45, 7) is 3.15. The van der Waals surface area contributed by atoms with Crippen molar-refractivity contribution >= 4 is 45.1 Å². The summed E-state index contributed by atoms with van der Waals surface area (Å²) >= 11 is 0. The van der Waals surface area contributed by atoms with E-state index in [4.69, 9.17) is 38.9 Å². The number of hydrogen-bond donors (Lipinski definition) is 3. The first-order valence-corrected chi connectivity index (χ1v) is 24.9. The zero-order chi connectivity index (χ0) is 48.8. The number of benzene rings is 4. The van der Waals surface area contributed by atoms with Crippen LogP contribution in [0.5, 0.6) is 23.0 Å². The lowest BCUT2D eigenvalue weighted by atomic mass is 9.97. The van der Waals surface area contributed by atoms with Gasteiger partial charge in [-0.05, 0) is 114 Å². The number of allylic oxidation sites excluding steroid dienone is 12. The van der Waals surface area contributed by atoms with Gasteiger partial charge in [0.1, 0.15) is 42.8 Å². The van der Waals surface area contributed by atoms with Crippen LogP contribution in [0.4, 0.5) is 0 Å². The fourth-order valence-electron chi connectivity index (χ4n) is 9.11. The summed E-state index contributed by atoms with van der Waals surface area (Å²) in [6.07, 6.45) is 26.0. The standard InChI is InChI=1S/C60H60N4O7/c1-2-3-4-5-6-7-8-11-37-71-56-13-10-9-12-47(56)60-54-32-30-52(63-54)58(42-16-22-45(23-17-42)69-39-35-66)50-28-26-48(61-50)57(41-14-20-44(21-15-41)68-38-34-65)49-27-29-51(62-49)59(53-31-33-55(60)64-53)43-18-24-46(25-19-43)70-40-36-67/h9-10,12-33,65-67H,2-8,11,34-40H2,1H3. The van der Waals surface area contributed by atoms with Crippen LogP contribution in [0.15, 0.2) is 188 Å². The van der Waals surface area contributed by atoms with Crippen LogP contribution in [0, 0.1) is 0 Å². The Balaban J connectivity index is 1.21. The highest BCUT2D eigenvalue weighted by molar-refractivity contribution is 6.39. The number of hydrogen-bond acceptors (Lipinski definition) is 11. The number of aliphatic hydroxyl groups excluding tert-OH is 3. The van der Waals surface area contributed by atoms with Gasteiger partial charge in [-0.2, -0.15) is 0 Å². The van der Waals surface area contributed by atoms with Gasteiger partial charge in [0, 0.05) is 27.9 Å². The van der Waals surface area contributed by atoms with E-state index in [1.165, 1.54) is 38.5 Å². The summed E-state index contributed by atoms with van der Waals surface area (Å²) in [7, 11) is 0. The van der Waals surface area contributed by atoms with Gasteiger partial charge >= 0.3 is 0 Å². The minimum absolute atomic E-state index is 0.0869. The van der Waals surface area contributed by atoms with Gasteiger partial charge < -0.3 is 34.3 Å². The van der Waals surface area contributed by atoms with Gasteiger partial charge in [0.15, 0.2) is 0 Å². The lowest BCUT2D eigenvalue weighted by molar-refractivity contribution is 0.201. The maximum Gasteiger partial charge on any atom is 0.127 e. The molecule has 5 heterocycles. The molecule has 4 aromatic carbocycles. The van der Waals surface area contributed by atoms with Crippen molar-refractivity contribution in [3.8, 4) is 23.0 Å². The van der Waals surface area contributed by atoms with Crippen molar-refractivity contribution in [2.75, 3.05) is 46.2 Å². The normalized spacial score (nSPS) is 15.8. The Hall–Kier alpha value is -7.44. The number of rotatable bonds is 23. The van der Waals surface area contributed by atoms with E-state index in [1.807, 2.05) is 140 Å². The van der Waals surface area contributed by atoms with Crippen LogP contribution in [0.2, 0.25) is 0 Å². The summed E-state index contributed by atoms with van der Waals surface area (Å²) in [4.78, 5) is 21.7. The lowest BCUT2D eigenvalue weighted by Gasteiger charge is -2.16. The van der Waals surface area contributed by atoms with Gasteiger partial charge in [-0.1, -0.05) is 106 Å². The lowest BCUT2D eigenvalue weighted by Crippen LogP contribution is -2.06. The molecule has 0 amide bonds. The van der Waals surface area contributed by atoms with Gasteiger partial charge in [0.05, 0.1) is 72.1 Å². The molecule has 362 valence electrons. The number of unbranched alkanes of at least 4 members (excludes halogenated alkanes) is 7. The highest BCUT2D eigenvalue weighted by Crippen LogP contribution is 2.41. The van der Waals surface area contributed by atoms with Gasteiger partial charge in [-0.3, -0.25) is 0 Å². The zero-order valence-electron chi connectivity index (χ0n) is 40.2. The van der Waals surface area contributed by atoms with Crippen LogP contribution in [0.1, 0.15) is 80.5 Å². The third kappa shape index (κ3) is 11.6. The molecule has 71 heavy (non-hydrogen) atoms. The number of ether oxygens (including phenoxy) is 4. The van der Waals surface area contributed by atoms with Gasteiger partial charge in [-0.25, -0.2) is 20.0 Å². The molecule has 9 rings (SSSR count). The monoisotopic (exact) mass is 948 g/mol. The fourth-order valence-corrected chi connectivity index (χ4v) is 9.11. The van der Waals surface area contributed by atoms with E-state index in [2.05, 4.69) is 13.0 Å². The predicted octanol–water partition coefficient (Wildman–Crippen LogP) is 11.3. The van der Waals surface area contributed by atoms with E-state index < -0.39 is 0 Å². The SMILES string of the molecule is CCCCCCCCCCOc1ccccc1C1=C2C=CC(=N2)C(c2ccc(OCCO)cc2)=C2C=CC(=N2)C(c2ccc(OCCO)cc2)=C2C=CC(=N2)C(c2ccc(OCCO)cc2)=C2C=CC1=N2. The summed E-state index contributed by atoms with van der Waals surface area (Å²) in [6, 6.07) is 31.5. The predicted molar refractivity (Wildman–Crippen MR) is 286 cm³/mol. The van der Waals surface area contributed by atoms with Crippen molar-refractivity contribution in [2.45, 2.75) is 58.3 Å². The largest absolute Gasteiger partial charge is 0.493 e. The van der Waals surface area contributed by atoms with E-state index in [-0.39, 0.29) is 39.6 Å². The first-order chi connectivity index (χ1) is 35.0. The third-order valence-corrected chi connectivity index (χ3v) is 12.5. The van der Waals surface area contributed by atoms with Gasteiger partial charge in [-0.15, -0.1) is 0 Å². The molecule has 0 radical (unpaired) electrons. The zero-order valence-corrected chi connectivity index (χ0v) is 40.2. The Kier molecular flexibility index (Phi) is 16.4. The summed E-state index contributed by atoms with van der Waals surface area (Å²) in [5, 5.41) is 28.3. The minimum Gasteiger partial charge on any atom is -0.493 e. The Morgan fingerprint density at radius 2 is 0.704 bits per heavy atom. The Morgan fingerprint density at radius 1 is 0.352 bits per heavy atom. The second-order valence-corrected chi connectivity index (χ2v) is 17.5. The van der Waals surface area contributed by atoms with Crippen LogP contribution in [-0.2, 0) is 0 Å². The van der Waals surface area contributed by atoms with Crippen molar-refractivity contribution in [2.24, 2.45) is 20.0 Å². The molecule has 0 saturated heterocycles. The summed E-state index contributed by atoms with van der Waals surface area (Å²) < 4.78 is 23.9. The molecule has 0 atom stereocenters. The Bertz CT molecular complexity index is 2910. The van der Waals surface area contributed by atoms with Crippen LogP contribution >= 0.6 is 0 Å². The second-order valence-electron chi connectivity index (χ2n) is 17.5. The average molecular weight is 949 g/mol.